The predicted octanol–water partition coefficient (Wildman–Crippen LogP) is 16.8. The van der Waals surface area contributed by atoms with Crippen LogP contribution in [-0.4, -0.2) is 4.57 Å². The molecule has 0 bridgehead atoms. The number of aromatic nitrogens is 1. The fourth-order valence-corrected chi connectivity index (χ4v) is 9.35. The van der Waals surface area contributed by atoms with Crippen LogP contribution in [0.3, 0.4) is 0 Å². The molecule has 0 atom stereocenters. The molecule has 0 spiro atoms. The van der Waals surface area contributed by atoms with Crippen molar-refractivity contribution in [3.63, 3.8) is 0 Å². The van der Waals surface area contributed by atoms with Gasteiger partial charge < -0.3 is 13.9 Å². The van der Waals surface area contributed by atoms with E-state index >= 15 is 0 Å². The molecular weight excluding hydrogens is 765 g/mol. The van der Waals surface area contributed by atoms with Gasteiger partial charge in [-0.15, -0.1) is 0 Å². The van der Waals surface area contributed by atoms with E-state index in [2.05, 4.69) is 240 Å². The van der Waals surface area contributed by atoms with Crippen LogP contribution in [-0.2, 0) is 0 Å². The summed E-state index contributed by atoms with van der Waals surface area (Å²) in [6.07, 6.45) is 0. The van der Waals surface area contributed by atoms with E-state index in [0.717, 1.165) is 61.4 Å². The fraction of sp³-hybridized carbons (Fsp3) is 0. The van der Waals surface area contributed by atoms with Crippen molar-refractivity contribution in [3.05, 3.63) is 243 Å². The van der Waals surface area contributed by atoms with Gasteiger partial charge in [-0.05, 0) is 118 Å². The molecule has 0 fully saturated rings. The summed E-state index contributed by atoms with van der Waals surface area (Å²) < 4.78 is 8.67. The van der Waals surface area contributed by atoms with E-state index in [9.17, 15) is 0 Å². The summed E-state index contributed by atoms with van der Waals surface area (Å²) in [6, 6.07) is 87.1. The third-order valence-corrected chi connectivity index (χ3v) is 12.4. The summed E-state index contributed by atoms with van der Waals surface area (Å²) in [6.45, 7) is 0. The van der Waals surface area contributed by atoms with Crippen molar-refractivity contribution in [1.82, 2.24) is 4.57 Å². The Morgan fingerprint density at radius 2 is 0.730 bits per heavy atom. The summed E-state index contributed by atoms with van der Waals surface area (Å²) in [5.41, 5.74) is 17.9. The maximum atomic E-state index is 6.26. The van der Waals surface area contributed by atoms with Gasteiger partial charge in [0.05, 0.1) is 16.7 Å². The Kier molecular flexibility index (Phi) is 8.83. The monoisotopic (exact) mass is 804 g/mol. The van der Waals surface area contributed by atoms with Crippen molar-refractivity contribution in [3.8, 4) is 50.2 Å². The van der Waals surface area contributed by atoms with Crippen molar-refractivity contribution < 1.29 is 4.42 Å². The number of benzene rings is 10. The van der Waals surface area contributed by atoms with Crippen molar-refractivity contribution in [1.29, 1.82) is 0 Å². The van der Waals surface area contributed by atoms with Gasteiger partial charge in [-0.1, -0.05) is 164 Å². The number of para-hydroxylation sites is 4. The first-order valence-electron chi connectivity index (χ1n) is 21.5. The van der Waals surface area contributed by atoms with Crippen molar-refractivity contribution >= 4 is 60.8 Å². The van der Waals surface area contributed by atoms with E-state index in [0.29, 0.717) is 0 Å². The summed E-state index contributed by atoms with van der Waals surface area (Å²) in [5, 5.41) is 4.78. The molecule has 0 N–H and O–H groups in total. The Morgan fingerprint density at radius 1 is 0.286 bits per heavy atom. The number of rotatable bonds is 8. The maximum Gasteiger partial charge on any atom is 0.136 e. The van der Waals surface area contributed by atoms with Gasteiger partial charge >= 0.3 is 0 Å². The standard InChI is InChI=1S/C60H40N2O/c1-2-13-41(14-3-1)45-15-12-16-46(39-45)42-25-32-48(33-26-42)61(49-34-27-43(28-35-49)47-31-38-55-54-20-7-11-24-59(54)63-60(55)40-47)50-36-29-44(30-37-50)51-17-4-8-21-56(51)62-57-22-9-5-18-52(57)53-19-6-10-23-58(53)62/h1-40H. The average molecular weight is 805 g/mol. The predicted molar refractivity (Wildman–Crippen MR) is 264 cm³/mol. The van der Waals surface area contributed by atoms with Crippen LogP contribution >= 0.6 is 0 Å². The third-order valence-electron chi connectivity index (χ3n) is 12.4. The maximum absolute atomic E-state index is 6.26. The lowest BCUT2D eigenvalue weighted by Crippen LogP contribution is -2.09. The Balaban J connectivity index is 0.930. The van der Waals surface area contributed by atoms with Gasteiger partial charge in [0.15, 0.2) is 0 Å². The second kappa shape index (κ2) is 15.3. The van der Waals surface area contributed by atoms with Gasteiger partial charge in [-0.25, -0.2) is 0 Å². The second-order valence-corrected chi connectivity index (χ2v) is 16.1. The van der Waals surface area contributed by atoms with Gasteiger partial charge in [0.25, 0.3) is 0 Å². The molecule has 2 heterocycles. The average Bonchev–Trinajstić information content (AvgIpc) is 3.90. The minimum atomic E-state index is 0.897. The first-order valence-corrected chi connectivity index (χ1v) is 21.5. The molecule has 0 radical (unpaired) electrons. The van der Waals surface area contributed by atoms with Crippen molar-refractivity contribution in [2.45, 2.75) is 0 Å². The molecule has 3 nitrogen and oxygen atoms in total. The number of hydrogen-bond acceptors (Lipinski definition) is 2. The lowest BCUT2D eigenvalue weighted by Gasteiger charge is -2.26. The minimum absolute atomic E-state index is 0.897. The van der Waals surface area contributed by atoms with Crippen LogP contribution in [0.25, 0.3) is 93.9 Å². The molecule has 0 amide bonds. The molecule has 0 aliphatic rings. The van der Waals surface area contributed by atoms with Crippen LogP contribution in [0.2, 0.25) is 0 Å². The summed E-state index contributed by atoms with van der Waals surface area (Å²) >= 11 is 0. The van der Waals surface area contributed by atoms with Gasteiger partial charge in [-0.3, -0.25) is 0 Å². The largest absolute Gasteiger partial charge is 0.456 e. The molecule has 2 aromatic heterocycles. The lowest BCUT2D eigenvalue weighted by atomic mass is 9.98. The Bertz CT molecular complexity index is 3550. The molecule has 3 heteroatoms. The van der Waals surface area contributed by atoms with Gasteiger partial charge in [0.1, 0.15) is 11.2 Å². The van der Waals surface area contributed by atoms with E-state index in [1.54, 1.807) is 0 Å². The van der Waals surface area contributed by atoms with Crippen LogP contribution < -0.4 is 4.90 Å². The molecule has 0 aliphatic heterocycles. The minimum Gasteiger partial charge on any atom is -0.456 e. The molecule has 10 aromatic carbocycles. The van der Waals surface area contributed by atoms with Crippen LogP contribution in [0.4, 0.5) is 17.1 Å². The molecule has 0 unspecified atom stereocenters. The molecule has 12 aromatic rings. The fourth-order valence-electron chi connectivity index (χ4n) is 9.35. The third kappa shape index (κ3) is 6.46. The number of furan rings is 1. The van der Waals surface area contributed by atoms with Gasteiger partial charge in [0, 0.05) is 44.2 Å². The van der Waals surface area contributed by atoms with E-state index in [4.69, 9.17) is 4.42 Å². The highest BCUT2D eigenvalue weighted by molar-refractivity contribution is 6.10. The van der Waals surface area contributed by atoms with Crippen LogP contribution in [0.15, 0.2) is 247 Å². The molecule has 0 aliphatic carbocycles. The molecule has 12 rings (SSSR count). The van der Waals surface area contributed by atoms with Crippen molar-refractivity contribution in [2.24, 2.45) is 0 Å². The second-order valence-electron chi connectivity index (χ2n) is 16.1. The number of nitrogens with zero attached hydrogens (tertiary/aromatic N) is 2. The quantitative estimate of drug-likeness (QED) is 0.153. The zero-order valence-electron chi connectivity index (χ0n) is 34.4. The Morgan fingerprint density at radius 3 is 1.37 bits per heavy atom. The van der Waals surface area contributed by atoms with Crippen LogP contribution in [0, 0.1) is 0 Å². The first-order chi connectivity index (χ1) is 31.2. The zero-order valence-corrected chi connectivity index (χ0v) is 34.4. The van der Waals surface area contributed by atoms with Crippen LogP contribution in [0.5, 0.6) is 0 Å². The van der Waals surface area contributed by atoms with E-state index in [1.807, 2.05) is 12.1 Å². The van der Waals surface area contributed by atoms with Crippen molar-refractivity contribution in [2.75, 3.05) is 4.90 Å². The van der Waals surface area contributed by atoms with E-state index in [1.165, 1.54) is 49.6 Å². The molecule has 296 valence electrons. The SMILES string of the molecule is c1ccc(-c2cccc(-c3ccc(N(c4ccc(-c5ccc6c(c5)oc5ccccc56)cc4)c4ccc(-c5ccccc5-n5c6ccccc6c6ccccc65)cc4)cc3)c2)cc1. The lowest BCUT2D eigenvalue weighted by molar-refractivity contribution is 0.669. The summed E-state index contributed by atoms with van der Waals surface area (Å²) in [5.74, 6) is 0. The van der Waals surface area contributed by atoms with Gasteiger partial charge in [0.2, 0.25) is 0 Å². The Labute approximate surface area is 366 Å². The smallest absolute Gasteiger partial charge is 0.136 e. The summed E-state index contributed by atoms with van der Waals surface area (Å²) in [4.78, 5) is 2.35. The number of fused-ring (bicyclic) bond motifs is 6. The molecule has 0 saturated carbocycles. The highest BCUT2D eigenvalue weighted by Gasteiger charge is 2.18. The zero-order chi connectivity index (χ0) is 41.7. The molecule has 0 saturated heterocycles. The van der Waals surface area contributed by atoms with E-state index < -0.39 is 0 Å². The van der Waals surface area contributed by atoms with Crippen LogP contribution in [0.1, 0.15) is 0 Å². The Hall–Kier alpha value is -8.40. The highest BCUT2D eigenvalue weighted by atomic mass is 16.3. The topological polar surface area (TPSA) is 21.3 Å². The number of hydrogen-bond donors (Lipinski definition) is 0. The van der Waals surface area contributed by atoms with Gasteiger partial charge in [-0.2, -0.15) is 0 Å². The molecular formula is C60H40N2O. The normalized spacial score (nSPS) is 11.5. The molecule has 63 heavy (non-hydrogen) atoms. The highest BCUT2D eigenvalue weighted by Crippen LogP contribution is 2.41. The number of anilines is 3. The van der Waals surface area contributed by atoms with E-state index in [-0.39, 0.29) is 0 Å². The first kappa shape index (κ1) is 36.5. The summed E-state index contributed by atoms with van der Waals surface area (Å²) in [7, 11) is 0.